The van der Waals surface area contributed by atoms with E-state index >= 15 is 0 Å². The van der Waals surface area contributed by atoms with Gasteiger partial charge < -0.3 is 9.88 Å². The molecule has 0 aliphatic carbocycles. The molecule has 106 valence electrons. The van der Waals surface area contributed by atoms with Crippen LogP contribution in [0.5, 0.6) is 0 Å². The van der Waals surface area contributed by atoms with Crippen molar-refractivity contribution in [2.75, 3.05) is 6.54 Å². The lowest BCUT2D eigenvalue weighted by atomic mass is 10.2. The molecule has 0 atom stereocenters. The van der Waals surface area contributed by atoms with Crippen LogP contribution in [0.1, 0.15) is 10.4 Å². The van der Waals surface area contributed by atoms with Gasteiger partial charge in [0.2, 0.25) is 0 Å². The molecule has 3 nitrogen and oxygen atoms in total. The number of rotatable bonds is 4. The van der Waals surface area contributed by atoms with Gasteiger partial charge in [0.15, 0.2) is 0 Å². The maximum Gasteiger partial charge on any atom is 0.252 e. The predicted octanol–water partition coefficient (Wildman–Crippen LogP) is 3.83. The molecule has 3 rings (SSSR count). The second-order valence-corrected chi connectivity index (χ2v) is 5.66. The van der Waals surface area contributed by atoms with Crippen LogP contribution in [0.4, 0.5) is 0 Å². The first-order chi connectivity index (χ1) is 10.3. The number of carbonyl (C=O) groups is 1. The van der Waals surface area contributed by atoms with Crippen molar-refractivity contribution >= 4 is 32.7 Å². The number of para-hydroxylation sites is 1. The minimum Gasteiger partial charge on any atom is -0.350 e. The van der Waals surface area contributed by atoms with Crippen LogP contribution in [0, 0.1) is 0 Å². The van der Waals surface area contributed by atoms with Gasteiger partial charge >= 0.3 is 0 Å². The lowest BCUT2D eigenvalue weighted by molar-refractivity contribution is 0.0951. The third kappa shape index (κ3) is 3.00. The molecule has 21 heavy (non-hydrogen) atoms. The summed E-state index contributed by atoms with van der Waals surface area (Å²) >= 11 is 3.39. The zero-order chi connectivity index (χ0) is 14.7. The molecule has 0 aliphatic heterocycles. The van der Waals surface area contributed by atoms with Gasteiger partial charge in [0, 0.05) is 29.3 Å². The highest BCUT2D eigenvalue weighted by molar-refractivity contribution is 9.10. The van der Waals surface area contributed by atoms with E-state index in [9.17, 15) is 4.79 Å². The Hall–Kier alpha value is -2.07. The van der Waals surface area contributed by atoms with Crippen molar-refractivity contribution in [1.29, 1.82) is 0 Å². The van der Waals surface area contributed by atoms with Gasteiger partial charge in [-0.05, 0) is 45.6 Å². The van der Waals surface area contributed by atoms with Crippen LogP contribution in [-0.4, -0.2) is 17.0 Å². The molecule has 0 radical (unpaired) electrons. The van der Waals surface area contributed by atoms with Crippen LogP contribution < -0.4 is 5.32 Å². The van der Waals surface area contributed by atoms with E-state index in [0.717, 1.165) is 11.0 Å². The number of hydrogen-bond donors (Lipinski definition) is 1. The SMILES string of the molecule is O=C(NCCn1ccc2ccccc21)c1ccccc1Br. The summed E-state index contributed by atoms with van der Waals surface area (Å²) in [5.41, 5.74) is 1.85. The van der Waals surface area contributed by atoms with Crippen LogP contribution in [0.15, 0.2) is 65.3 Å². The molecule has 1 N–H and O–H groups in total. The Balaban J connectivity index is 1.64. The molecule has 0 bridgehead atoms. The predicted molar refractivity (Wildman–Crippen MR) is 88.4 cm³/mol. The molecular weight excluding hydrogens is 328 g/mol. The number of nitrogens with one attached hydrogen (secondary N) is 1. The molecule has 3 aromatic rings. The first-order valence-electron chi connectivity index (χ1n) is 6.82. The number of hydrogen-bond acceptors (Lipinski definition) is 1. The molecule has 0 saturated carbocycles. The van der Waals surface area contributed by atoms with E-state index in [1.165, 1.54) is 10.9 Å². The van der Waals surface area contributed by atoms with Crippen molar-refractivity contribution < 1.29 is 4.79 Å². The Kier molecular flexibility index (Phi) is 4.06. The molecule has 0 spiro atoms. The second kappa shape index (κ2) is 6.14. The van der Waals surface area contributed by atoms with E-state index in [2.05, 4.69) is 50.2 Å². The van der Waals surface area contributed by atoms with Crippen molar-refractivity contribution in [3.05, 3.63) is 70.8 Å². The maximum absolute atomic E-state index is 12.1. The van der Waals surface area contributed by atoms with Crippen LogP contribution in [-0.2, 0) is 6.54 Å². The van der Waals surface area contributed by atoms with Gasteiger partial charge in [0.1, 0.15) is 0 Å². The smallest absolute Gasteiger partial charge is 0.252 e. The third-order valence-corrected chi connectivity index (χ3v) is 4.13. The lowest BCUT2D eigenvalue weighted by Gasteiger charge is -2.08. The Bertz CT molecular complexity index is 779. The maximum atomic E-state index is 12.1. The van der Waals surface area contributed by atoms with E-state index in [1.807, 2.05) is 36.4 Å². The molecule has 0 unspecified atom stereocenters. The molecule has 0 saturated heterocycles. The number of fused-ring (bicyclic) bond motifs is 1. The Morgan fingerprint density at radius 1 is 1.05 bits per heavy atom. The van der Waals surface area contributed by atoms with Gasteiger partial charge in [-0.3, -0.25) is 4.79 Å². The molecule has 2 aromatic carbocycles. The van der Waals surface area contributed by atoms with Gasteiger partial charge in [0.25, 0.3) is 5.91 Å². The summed E-state index contributed by atoms with van der Waals surface area (Å²) < 4.78 is 2.96. The minimum atomic E-state index is -0.0565. The van der Waals surface area contributed by atoms with Crippen molar-refractivity contribution in [3.8, 4) is 0 Å². The topological polar surface area (TPSA) is 34.0 Å². The third-order valence-electron chi connectivity index (χ3n) is 3.44. The fraction of sp³-hybridized carbons (Fsp3) is 0.118. The molecule has 4 heteroatoms. The number of amides is 1. The minimum absolute atomic E-state index is 0.0565. The van der Waals surface area contributed by atoms with E-state index in [1.54, 1.807) is 0 Å². The van der Waals surface area contributed by atoms with Gasteiger partial charge in [0.05, 0.1) is 5.56 Å². The standard InChI is InChI=1S/C17H15BrN2O/c18-15-7-3-2-6-14(15)17(21)19-10-12-20-11-9-13-5-1-4-8-16(13)20/h1-9,11H,10,12H2,(H,19,21). The fourth-order valence-electron chi connectivity index (χ4n) is 2.37. The first-order valence-corrected chi connectivity index (χ1v) is 7.61. The van der Waals surface area contributed by atoms with Crippen LogP contribution >= 0.6 is 15.9 Å². The average molecular weight is 343 g/mol. The van der Waals surface area contributed by atoms with Gasteiger partial charge in [-0.1, -0.05) is 30.3 Å². The van der Waals surface area contributed by atoms with Gasteiger partial charge in [-0.25, -0.2) is 0 Å². The summed E-state index contributed by atoms with van der Waals surface area (Å²) in [4.78, 5) is 12.1. The Morgan fingerprint density at radius 3 is 2.67 bits per heavy atom. The Labute approximate surface area is 131 Å². The quantitative estimate of drug-likeness (QED) is 0.767. The number of halogens is 1. The molecule has 1 heterocycles. The summed E-state index contributed by atoms with van der Waals surface area (Å²) in [6, 6.07) is 17.8. The monoisotopic (exact) mass is 342 g/mol. The van der Waals surface area contributed by atoms with Crippen LogP contribution in [0.3, 0.4) is 0 Å². The van der Waals surface area contributed by atoms with E-state index in [4.69, 9.17) is 0 Å². The number of nitrogens with zero attached hydrogens (tertiary/aromatic N) is 1. The highest BCUT2D eigenvalue weighted by Crippen LogP contribution is 2.16. The summed E-state index contributed by atoms with van der Waals surface area (Å²) in [5.74, 6) is -0.0565. The van der Waals surface area contributed by atoms with Crippen LogP contribution in [0.25, 0.3) is 10.9 Å². The fourth-order valence-corrected chi connectivity index (χ4v) is 2.83. The number of benzene rings is 2. The van der Waals surface area contributed by atoms with Crippen molar-refractivity contribution in [1.82, 2.24) is 9.88 Å². The normalized spacial score (nSPS) is 10.7. The molecule has 0 fully saturated rings. The highest BCUT2D eigenvalue weighted by Gasteiger charge is 2.08. The summed E-state index contributed by atoms with van der Waals surface area (Å²) in [6.07, 6.45) is 2.05. The van der Waals surface area contributed by atoms with Crippen molar-refractivity contribution in [2.45, 2.75) is 6.54 Å². The first kappa shape index (κ1) is 13.9. The van der Waals surface area contributed by atoms with E-state index in [0.29, 0.717) is 12.1 Å². The van der Waals surface area contributed by atoms with Crippen molar-refractivity contribution in [3.63, 3.8) is 0 Å². The number of aromatic nitrogens is 1. The van der Waals surface area contributed by atoms with Gasteiger partial charge in [-0.2, -0.15) is 0 Å². The summed E-state index contributed by atoms with van der Waals surface area (Å²) in [6.45, 7) is 1.35. The lowest BCUT2D eigenvalue weighted by Crippen LogP contribution is -2.27. The zero-order valence-corrected chi connectivity index (χ0v) is 13.0. The van der Waals surface area contributed by atoms with Crippen LogP contribution in [0.2, 0.25) is 0 Å². The molecular formula is C17H15BrN2O. The molecule has 1 aromatic heterocycles. The largest absolute Gasteiger partial charge is 0.350 e. The van der Waals surface area contributed by atoms with E-state index in [-0.39, 0.29) is 5.91 Å². The summed E-state index contributed by atoms with van der Waals surface area (Å²) in [7, 11) is 0. The molecule has 0 aliphatic rings. The summed E-state index contributed by atoms with van der Waals surface area (Å²) in [5, 5.41) is 4.17. The van der Waals surface area contributed by atoms with E-state index < -0.39 is 0 Å². The number of carbonyl (C=O) groups excluding carboxylic acids is 1. The van der Waals surface area contributed by atoms with Crippen molar-refractivity contribution in [2.24, 2.45) is 0 Å². The highest BCUT2D eigenvalue weighted by atomic mass is 79.9. The zero-order valence-electron chi connectivity index (χ0n) is 11.4. The second-order valence-electron chi connectivity index (χ2n) is 4.80. The molecule has 1 amide bonds. The van der Waals surface area contributed by atoms with Gasteiger partial charge in [-0.15, -0.1) is 0 Å². The average Bonchev–Trinajstić information content (AvgIpc) is 2.91. The Morgan fingerprint density at radius 2 is 1.81 bits per heavy atom.